The maximum atomic E-state index is 11.9. The highest BCUT2D eigenvalue weighted by Crippen LogP contribution is 2.13. The van der Waals surface area contributed by atoms with Crippen molar-refractivity contribution in [1.82, 2.24) is 0 Å². The Morgan fingerprint density at radius 3 is 2.60 bits per heavy atom. The third-order valence-corrected chi connectivity index (χ3v) is 3.76. The summed E-state index contributed by atoms with van der Waals surface area (Å²) in [4.78, 5) is 0.0684. The quantitative estimate of drug-likeness (QED) is 0.544. The van der Waals surface area contributed by atoms with E-state index >= 15 is 0 Å². The van der Waals surface area contributed by atoms with Gasteiger partial charge in [-0.2, -0.15) is 13.7 Å². The van der Waals surface area contributed by atoms with Gasteiger partial charge in [0.15, 0.2) is 0 Å². The smallest absolute Gasteiger partial charge is 0.265 e. The van der Waals surface area contributed by atoms with Crippen LogP contribution in [0.3, 0.4) is 0 Å². The Labute approximate surface area is 120 Å². The summed E-state index contributed by atoms with van der Waals surface area (Å²) in [6.45, 7) is 2.03. The Morgan fingerprint density at radius 1 is 1.30 bits per heavy atom. The third kappa shape index (κ3) is 5.41. The first-order valence-electron chi connectivity index (χ1n) is 6.51. The molecular formula is C14H18N2O3S. The van der Waals surface area contributed by atoms with Gasteiger partial charge in [-0.1, -0.05) is 36.7 Å². The number of rotatable bonds is 8. The number of hydrogen-bond acceptors (Lipinski definition) is 5. The van der Waals surface area contributed by atoms with Gasteiger partial charge in [-0.25, -0.2) is 0 Å². The van der Waals surface area contributed by atoms with Crippen molar-refractivity contribution < 1.29 is 12.7 Å². The molecule has 108 valence electrons. The number of unbranched alkanes of at least 4 members (excludes halogenated alkanes) is 1. The van der Waals surface area contributed by atoms with Crippen LogP contribution < -0.4 is 0 Å². The highest BCUT2D eigenvalue weighted by molar-refractivity contribution is 7.86. The van der Waals surface area contributed by atoms with Crippen LogP contribution in [0.25, 0.3) is 0 Å². The van der Waals surface area contributed by atoms with Gasteiger partial charge >= 0.3 is 10.1 Å². The molecule has 5 nitrogen and oxygen atoms in total. The molecule has 1 aromatic carbocycles. The van der Waals surface area contributed by atoms with Crippen molar-refractivity contribution in [1.29, 1.82) is 5.26 Å². The molecule has 0 atom stereocenters. The van der Waals surface area contributed by atoms with Crippen molar-refractivity contribution in [3.8, 4) is 6.07 Å². The van der Waals surface area contributed by atoms with Crippen LogP contribution in [0.4, 0.5) is 0 Å². The molecule has 1 rings (SSSR count). The number of nitrogens with zero attached hydrogens (tertiary/aromatic N) is 2. The number of hydrogen-bond donors (Lipinski definition) is 0. The zero-order chi connectivity index (χ0) is 14.8. The zero-order valence-electron chi connectivity index (χ0n) is 11.4. The fourth-order valence-corrected chi connectivity index (χ4v) is 2.31. The Hall–Kier alpha value is -1.87. The maximum absolute atomic E-state index is 11.9. The number of oxime groups is 1. The second-order valence-corrected chi connectivity index (χ2v) is 5.79. The van der Waals surface area contributed by atoms with E-state index < -0.39 is 10.1 Å². The fourth-order valence-electron chi connectivity index (χ4n) is 1.53. The van der Waals surface area contributed by atoms with Crippen molar-refractivity contribution in [2.24, 2.45) is 5.16 Å². The van der Waals surface area contributed by atoms with E-state index in [2.05, 4.69) is 5.16 Å². The van der Waals surface area contributed by atoms with E-state index in [0.717, 1.165) is 12.8 Å². The molecule has 0 heterocycles. The van der Waals surface area contributed by atoms with Crippen LogP contribution in [0.1, 0.15) is 39.0 Å². The number of nitriles is 1. The molecule has 1 aromatic rings. The summed E-state index contributed by atoms with van der Waals surface area (Å²) in [5, 5.41) is 12.3. The zero-order valence-corrected chi connectivity index (χ0v) is 12.3. The van der Waals surface area contributed by atoms with Gasteiger partial charge in [0.1, 0.15) is 4.90 Å². The summed E-state index contributed by atoms with van der Waals surface area (Å²) >= 11 is 0. The van der Waals surface area contributed by atoms with Crippen LogP contribution in [0.2, 0.25) is 0 Å². The Bertz CT molecular complexity index is 574. The van der Waals surface area contributed by atoms with E-state index in [1.165, 1.54) is 12.1 Å². The average Bonchev–Trinajstić information content (AvgIpc) is 2.47. The lowest BCUT2D eigenvalue weighted by atomic mass is 10.1. The van der Waals surface area contributed by atoms with Gasteiger partial charge in [-0.05, 0) is 25.0 Å². The molecule has 0 unspecified atom stereocenters. The molecule has 20 heavy (non-hydrogen) atoms. The molecule has 0 fully saturated rings. The van der Waals surface area contributed by atoms with E-state index in [4.69, 9.17) is 9.55 Å². The van der Waals surface area contributed by atoms with E-state index in [-0.39, 0.29) is 4.90 Å². The maximum Gasteiger partial charge on any atom is 0.358 e. The molecular weight excluding hydrogens is 276 g/mol. The summed E-state index contributed by atoms with van der Waals surface area (Å²) in [5.41, 5.74) is 0.605. The molecule has 0 N–H and O–H groups in total. The van der Waals surface area contributed by atoms with E-state index in [9.17, 15) is 8.42 Å². The minimum atomic E-state index is -3.88. The van der Waals surface area contributed by atoms with Crippen molar-refractivity contribution >= 4 is 15.8 Å². The molecule has 0 aliphatic rings. The predicted octanol–water partition coefficient (Wildman–Crippen LogP) is 3.24. The van der Waals surface area contributed by atoms with Gasteiger partial charge in [0.2, 0.25) is 0 Å². The topological polar surface area (TPSA) is 79.5 Å². The summed E-state index contributed by atoms with van der Waals surface area (Å²) in [6, 6.07) is 9.88. The normalized spacial score (nSPS) is 11.9. The van der Waals surface area contributed by atoms with Crippen molar-refractivity contribution in [3.05, 3.63) is 30.3 Å². The first-order valence-corrected chi connectivity index (χ1v) is 7.92. The minimum Gasteiger partial charge on any atom is -0.265 e. The minimum absolute atomic E-state index is 0.0684. The number of benzene rings is 1. The molecule has 0 saturated carbocycles. The van der Waals surface area contributed by atoms with Crippen LogP contribution in [-0.4, -0.2) is 14.1 Å². The molecule has 0 saturated heterocycles. The van der Waals surface area contributed by atoms with Crippen LogP contribution >= 0.6 is 0 Å². The SMILES string of the molecule is CCCCC(CCC#N)=NOS(=O)(=O)c1ccccc1. The summed E-state index contributed by atoms with van der Waals surface area (Å²) in [5.74, 6) is 0. The van der Waals surface area contributed by atoms with Crippen LogP contribution in [0.5, 0.6) is 0 Å². The average molecular weight is 294 g/mol. The lowest BCUT2D eigenvalue weighted by molar-refractivity contribution is 0.336. The molecule has 6 heteroatoms. The lowest BCUT2D eigenvalue weighted by Crippen LogP contribution is -2.06. The highest BCUT2D eigenvalue weighted by atomic mass is 32.2. The molecule has 0 amide bonds. The highest BCUT2D eigenvalue weighted by Gasteiger charge is 2.15. The van der Waals surface area contributed by atoms with Crippen LogP contribution in [0, 0.1) is 11.3 Å². The van der Waals surface area contributed by atoms with Crippen molar-refractivity contribution in [2.45, 2.75) is 43.9 Å². The third-order valence-electron chi connectivity index (χ3n) is 2.64. The molecule has 0 aromatic heterocycles. The van der Waals surface area contributed by atoms with Gasteiger partial charge in [0.05, 0.1) is 11.8 Å². The first-order chi connectivity index (χ1) is 9.60. The standard InChI is InChI=1S/C14H18N2O3S/c1-2-3-8-13(9-7-12-15)16-19-20(17,18)14-10-5-4-6-11-14/h4-6,10-11H,2-3,7-9H2,1H3. The largest absolute Gasteiger partial charge is 0.358 e. The van der Waals surface area contributed by atoms with E-state index in [1.54, 1.807) is 18.2 Å². The van der Waals surface area contributed by atoms with Crippen LogP contribution in [-0.2, 0) is 14.4 Å². The molecule has 0 bridgehead atoms. The fraction of sp³-hybridized carbons (Fsp3) is 0.429. The van der Waals surface area contributed by atoms with E-state index in [0.29, 0.717) is 25.0 Å². The van der Waals surface area contributed by atoms with Gasteiger partial charge < -0.3 is 0 Å². The van der Waals surface area contributed by atoms with Gasteiger partial charge in [0, 0.05) is 12.8 Å². The second-order valence-electron chi connectivity index (χ2n) is 4.26. The predicted molar refractivity (Wildman–Crippen MR) is 76.5 cm³/mol. The molecule has 0 radical (unpaired) electrons. The van der Waals surface area contributed by atoms with E-state index in [1.807, 2.05) is 13.0 Å². The summed E-state index contributed by atoms with van der Waals surface area (Å²) in [6.07, 6.45) is 3.23. The van der Waals surface area contributed by atoms with Gasteiger partial charge in [-0.3, -0.25) is 4.28 Å². The Kier molecular flexibility index (Phi) is 6.74. The molecule has 0 aliphatic heterocycles. The monoisotopic (exact) mass is 294 g/mol. The summed E-state index contributed by atoms with van der Waals surface area (Å²) in [7, 11) is -3.88. The first kappa shape index (κ1) is 16.2. The van der Waals surface area contributed by atoms with Crippen LogP contribution in [0.15, 0.2) is 40.4 Å². The van der Waals surface area contributed by atoms with Gasteiger partial charge in [0.25, 0.3) is 0 Å². The lowest BCUT2D eigenvalue weighted by Gasteiger charge is -2.05. The molecule has 0 aliphatic carbocycles. The second kappa shape index (κ2) is 8.33. The molecule has 0 spiro atoms. The summed E-state index contributed by atoms with van der Waals surface area (Å²) < 4.78 is 28.5. The Balaban J connectivity index is 2.77. The van der Waals surface area contributed by atoms with Gasteiger partial charge in [-0.15, -0.1) is 0 Å². The van der Waals surface area contributed by atoms with Crippen molar-refractivity contribution in [2.75, 3.05) is 0 Å². The Morgan fingerprint density at radius 2 is 2.00 bits per heavy atom. The van der Waals surface area contributed by atoms with Crippen molar-refractivity contribution in [3.63, 3.8) is 0 Å².